The summed E-state index contributed by atoms with van der Waals surface area (Å²) in [5.74, 6) is 1.81. The predicted octanol–water partition coefficient (Wildman–Crippen LogP) is 5.23. The zero-order chi connectivity index (χ0) is 20.7. The van der Waals surface area contributed by atoms with Crippen molar-refractivity contribution in [3.8, 4) is 11.3 Å². The highest BCUT2D eigenvalue weighted by Gasteiger charge is 2.33. The molecule has 5 rings (SSSR count). The van der Waals surface area contributed by atoms with Crippen molar-refractivity contribution in [1.29, 1.82) is 0 Å². The van der Waals surface area contributed by atoms with Crippen LogP contribution in [-0.4, -0.2) is 26.9 Å². The first-order valence-electron chi connectivity index (χ1n) is 10.3. The molecule has 2 aromatic carbocycles. The molecule has 0 radical (unpaired) electrons. The van der Waals surface area contributed by atoms with E-state index in [1.165, 1.54) is 12.1 Å². The molecule has 30 heavy (non-hydrogen) atoms. The summed E-state index contributed by atoms with van der Waals surface area (Å²) < 4.78 is 15.6. The van der Waals surface area contributed by atoms with Gasteiger partial charge in [0.1, 0.15) is 23.2 Å². The molecule has 3 aromatic rings. The molecule has 0 saturated heterocycles. The largest absolute Gasteiger partial charge is 0.340 e. The van der Waals surface area contributed by atoms with E-state index in [4.69, 9.17) is 16.6 Å². The number of imidazole rings is 1. The zero-order valence-corrected chi connectivity index (χ0v) is 17.2. The highest BCUT2D eigenvalue weighted by molar-refractivity contribution is 6.30. The molecule has 1 fully saturated rings. The number of fused-ring (bicyclic) bond motifs is 1. The van der Waals surface area contributed by atoms with Crippen LogP contribution in [0.4, 0.5) is 15.9 Å². The van der Waals surface area contributed by atoms with Crippen molar-refractivity contribution >= 4 is 29.0 Å². The number of nitrogens with zero attached hydrogens (tertiary/aromatic N) is 3. The Morgan fingerprint density at radius 2 is 1.80 bits per heavy atom. The zero-order valence-electron chi connectivity index (χ0n) is 16.4. The average Bonchev–Trinajstić information content (AvgIpc) is 3.06. The first kappa shape index (κ1) is 19.1. The second kappa shape index (κ2) is 7.76. The number of anilines is 2. The molecule has 2 heterocycles. The van der Waals surface area contributed by atoms with Gasteiger partial charge in [0.15, 0.2) is 0 Å². The van der Waals surface area contributed by atoms with Crippen molar-refractivity contribution in [1.82, 2.24) is 14.5 Å². The maximum absolute atomic E-state index is 13.5. The van der Waals surface area contributed by atoms with Gasteiger partial charge >= 0.3 is 0 Å². The Morgan fingerprint density at radius 3 is 2.47 bits per heavy atom. The SMILES string of the molecule is O=C(C1CCC1)N1CCn2c(nc(-c3ccc(F)cc3)c2Nc2ccc(Cl)cc2)C1. The Kier molecular flexibility index (Phi) is 4.95. The Balaban J connectivity index is 1.51. The molecule has 154 valence electrons. The quantitative estimate of drug-likeness (QED) is 0.624. The number of aromatic nitrogens is 2. The lowest BCUT2D eigenvalue weighted by molar-refractivity contribution is -0.139. The van der Waals surface area contributed by atoms with Crippen molar-refractivity contribution in [2.75, 3.05) is 11.9 Å². The molecule has 1 aliphatic heterocycles. The fourth-order valence-electron chi connectivity index (χ4n) is 4.04. The summed E-state index contributed by atoms with van der Waals surface area (Å²) in [6, 6.07) is 13.8. The maximum Gasteiger partial charge on any atom is 0.226 e. The molecule has 0 unspecified atom stereocenters. The second-order valence-electron chi connectivity index (χ2n) is 7.90. The molecule has 5 nitrogen and oxygen atoms in total. The number of hydrogen-bond acceptors (Lipinski definition) is 3. The van der Waals surface area contributed by atoms with Crippen LogP contribution in [0.2, 0.25) is 5.02 Å². The topological polar surface area (TPSA) is 50.2 Å². The smallest absolute Gasteiger partial charge is 0.226 e. The van der Waals surface area contributed by atoms with Gasteiger partial charge in [-0.05, 0) is 61.4 Å². The summed E-state index contributed by atoms with van der Waals surface area (Å²) in [4.78, 5) is 19.5. The lowest BCUT2D eigenvalue weighted by Crippen LogP contribution is -2.43. The molecule has 1 aromatic heterocycles. The van der Waals surface area contributed by atoms with Crippen LogP contribution in [0.5, 0.6) is 0 Å². The van der Waals surface area contributed by atoms with Crippen LogP contribution in [0.3, 0.4) is 0 Å². The van der Waals surface area contributed by atoms with Gasteiger partial charge in [0, 0.05) is 35.3 Å². The number of amides is 1. The minimum absolute atomic E-state index is 0.176. The third-order valence-corrected chi connectivity index (χ3v) is 6.22. The first-order valence-corrected chi connectivity index (χ1v) is 10.6. The lowest BCUT2D eigenvalue weighted by Gasteiger charge is -2.34. The maximum atomic E-state index is 13.5. The molecule has 1 N–H and O–H groups in total. The second-order valence-corrected chi connectivity index (χ2v) is 8.34. The Morgan fingerprint density at radius 1 is 1.07 bits per heavy atom. The molecule has 1 aliphatic carbocycles. The highest BCUT2D eigenvalue weighted by atomic mass is 35.5. The molecule has 1 saturated carbocycles. The molecule has 0 atom stereocenters. The summed E-state index contributed by atoms with van der Waals surface area (Å²) in [7, 11) is 0. The van der Waals surface area contributed by atoms with Crippen molar-refractivity contribution in [2.24, 2.45) is 5.92 Å². The fraction of sp³-hybridized carbons (Fsp3) is 0.304. The Labute approximate surface area is 179 Å². The normalized spacial score (nSPS) is 16.1. The number of carbonyl (C=O) groups excluding carboxylic acids is 1. The van der Waals surface area contributed by atoms with E-state index in [0.29, 0.717) is 24.7 Å². The van der Waals surface area contributed by atoms with Gasteiger partial charge in [0.2, 0.25) is 5.91 Å². The summed E-state index contributed by atoms with van der Waals surface area (Å²) in [6.45, 7) is 1.82. The average molecular weight is 425 g/mol. The van der Waals surface area contributed by atoms with E-state index < -0.39 is 0 Å². The van der Waals surface area contributed by atoms with Gasteiger partial charge in [-0.2, -0.15) is 0 Å². The van der Waals surface area contributed by atoms with Crippen LogP contribution < -0.4 is 5.32 Å². The van der Waals surface area contributed by atoms with Gasteiger partial charge in [-0.1, -0.05) is 18.0 Å². The van der Waals surface area contributed by atoms with Gasteiger partial charge in [-0.15, -0.1) is 0 Å². The van der Waals surface area contributed by atoms with E-state index in [9.17, 15) is 9.18 Å². The Hall–Kier alpha value is -2.86. The van der Waals surface area contributed by atoms with E-state index in [1.54, 1.807) is 12.1 Å². The minimum atomic E-state index is -0.285. The number of halogens is 2. The lowest BCUT2D eigenvalue weighted by atomic mass is 9.84. The number of carbonyl (C=O) groups is 1. The number of nitrogens with one attached hydrogen (secondary N) is 1. The monoisotopic (exact) mass is 424 g/mol. The minimum Gasteiger partial charge on any atom is -0.340 e. The molecular weight excluding hydrogens is 403 g/mol. The van der Waals surface area contributed by atoms with Crippen molar-refractivity contribution < 1.29 is 9.18 Å². The number of benzene rings is 2. The first-order chi connectivity index (χ1) is 14.6. The summed E-state index contributed by atoms with van der Waals surface area (Å²) in [5, 5.41) is 4.12. The fourth-order valence-corrected chi connectivity index (χ4v) is 4.16. The van der Waals surface area contributed by atoms with Crippen LogP contribution in [0.25, 0.3) is 11.3 Å². The van der Waals surface area contributed by atoms with E-state index in [-0.39, 0.29) is 17.6 Å². The summed E-state index contributed by atoms with van der Waals surface area (Å²) in [6.07, 6.45) is 3.13. The molecule has 7 heteroatoms. The highest BCUT2D eigenvalue weighted by Crippen LogP contribution is 2.35. The van der Waals surface area contributed by atoms with E-state index in [1.807, 2.05) is 29.2 Å². The van der Waals surface area contributed by atoms with Gasteiger partial charge in [0.05, 0.1) is 6.54 Å². The van der Waals surface area contributed by atoms with Crippen molar-refractivity contribution in [2.45, 2.75) is 32.4 Å². The van der Waals surface area contributed by atoms with Crippen LogP contribution in [0.15, 0.2) is 48.5 Å². The van der Waals surface area contributed by atoms with Crippen LogP contribution in [-0.2, 0) is 17.9 Å². The van der Waals surface area contributed by atoms with Gasteiger partial charge in [0.25, 0.3) is 0 Å². The van der Waals surface area contributed by atoms with Crippen LogP contribution in [0.1, 0.15) is 25.1 Å². The third-order valence-electron chi connectivity index (χ3n) is 5.96. The number of rotatable bonds is 4. The third kappa shape index (κ3) is 3.56. The van der Waals surface area contributed by atoms with Gasteiger partial charge < -0.3 is 14.8 Å². The molecule has 0 spiro atoms. The summed E-state index contributed by atoms with van der Waals surface area (Å²) >= 11 is 6.02. The van der Waals surface area contributed by atoms with E-state index >= 15 is 0 Å². The summed E-state index contributed by atoms with van der Waals surface area (Å²) in [5.41, 5.74) is 2.46. The van der Waals surface area contributed by atoms with Crippen LogP contribution >= 0.6 is 11.6 Å². The van der Waals surface area contributed by atoms with Crippen molar-refractivity contribution in [3.63, 3.8) is 0 Å². The molecule has 1 amide bonds. The van der Waals surface area contributed by atoms with E-state index in [2.05, 4.69) is 9.88 Å². The molecule has 0 bridgehead atoms. The van der Waals surface area contributed by atoms with Gasteiger partial charge in [-0.25, -0.2) is 9.37 Å². The number of hydrogen-bond donors (Lipinski definition) is 1. The molecule has 2 aliphatic rings. The van der Waals surface area contributed by atoms with E-state index in [0.717, 1.165) is 47.8 Å². The predicted molar refractivity (Wildman–Crippen MR) is 115 cm³/mol. The van der Waals surface area contributed by atoms with Crippen molar-refractivity contribution in [3.05, 3.63) is 65.2 Å². The van der Waals surface area contributed by atoms with Crippen LogP contribution in [0, 0.1) is 11.7 Å². The standard InChI is InChI=1S/C23H22ClFN4O/c24-17-6-10-19(11-7-17)26-22-21(15-4-8-18(25)9-5-15)27-20-14-28(12-13-29(20)22)23(30)16-2-1-3-16/h4-11,16,26H,1-3,12-14H2. The molecular formula is C23H22ClFN4O. The Bertz CT molecular complexity index is 1070. The van der Waals surface area contributed by atoms with Gasteiger partial charge in [-0.3, -0.25) is 4.79 Å².